The van der Waals surface area contributed by atoms with Crippen LogP contribution in [0.4, 0.5) is 11.4 Å². The number of hydrogen-bond acceptors (Lipinski definition) is 4. The Bertz CT molecular complexity index is 867. The summed E-state index contributed by atoms with van der Waals surface area (Å²) in [5.41, 5.74) is 3.38. The Labute approximate surface area is 182 Å². The van der Waals surface area contributed by atoms with E-state index in [1.54, 1.807) is 18.2 Å². The minimum atomic E-state index is -0.425. The van der Waals surface area contributed by atoms with Crippen LogP contribution in [-0.2, 0) is 4.74 Å². The predicted octanol–water partition coefficient (Wildman–Crippen LogP) is 5.16. The van der Waals surface area contributed by atoms with Crippen LogP contribution in [0.1, 0.15) is 48.1 Å². The third-order valence-electron chi connectivity index (χ3n) is 5.10. The van der Waals surface area contributed by atoms with Gasteiger partial charge in [0.15, 0.2) is 5.11 Å². The van der Waals surface area contributed by atoms with Gasteiger partial charge in [0, 0.05) is 18.8 Å². The van der Waals surface area contributed by atoms with Crippen molar-refractivity contribution < 1.29 is 9.53 Å². The molecule has 2 aromatic carbocycles. The molecule has 2 N–H and O–H groups in total. The SMILES string of the molecule is COC(=O)c1ccc(Cl)c(NC(=S)NC(C)c2ccc(N3CCCCC3)cc2)c1. The average molecular weight is 432 g/mol. The topological polar surface area (TPSA) is 53.6 Å². The number of thiocarbonyl (C=S) groups is 1. The Hall–Kier alpha value is -2.31. The van der Waals surface area contributed by atoms with Gasteiger partial charge in [-0.3, -0.25) is 0 Å². The zero-order valence-corrected chi connectivity index (χ0v) is 18.3. The number of esters is 1. The molecule has 3 rings (SSSR count). The first-order valence-corrected chi connectivity index (χ1v) is 10.6. The molecule has 1 atom stereocenters. The molecular weight excluding hydrogens is 406 g/mol. The van der Waals surface area contributed by atoms with Crippen LogP contribution in [0, 0.1) is 0 Å². The van der Waals surface area contributed by atoms with Crippen molar-refractivity contribution in [3.8, 4) is 0 Å². The van der Waals surface area contributed by atoms with Crippen LogP contribution in [0.15, 0.2) is 42.5 Å². The molecule has 154 valence electrons. The lowest BCUT2D eigenvalue weighted by Gasteiger charge is -2.29. The van der Waals surface area contributed by atoms with Crippen LogP contribution in [0.25, 0.3) is 0 Å². The third-order valence-corrected chi connectivity index (χ3v) is 5.65. The summed E-state index contributed by atoms with van der Waals surface area (Å²) in [6, 6.07) is 13.5. The molecule has 29 heavy (non-hydrogen) atoms. The zero-order chi connectivity index (χ0) is 20.8. The minimum Gasteiger partial charge on any atom is -0.465 e. The smallest absolute Gasteiger partial charge is 0.337 e. The van der Waals surface area contributed by atoms with Crippen molar-refractivity contribution in [2.75, 3.05) is 30.4 Å². The predicted molar refractivity (Wildman–Crippen MR) is 123 cm³/mol. The first kappa shape index (κ1) is 21.4. The van der Waals surface area contributed by atoms with Crippen LogP contribution >= 0.6 is 23.8 Å². The standard InChI is InChI=1S/C22H26ClN3O2S/c1-15(16-6-9-18(10-7-16)26-12-4-3-5-13-26)24-22(29)25-20-14-17(21(27)28-2)8-11-19(20)23/h6-11,14-15H,3-5,12-13H2,1-2H3,(H2,24,25,29). The highest BCUT2D eigenvalue weighted by Gasteiger charge is 2.14. The summed E-state index contributed by atoms with van der Waals surface area (Å²) in [4.78, 5) is 14.2. The summed E-state index contributed by atoms with van der Waals surface area (Å²) in [7, 11) is 1.34. The van der Waals surface area contributed by atoms with E-state index in [1.165, 1.54) is 32.1 Å². The summed E-state index contributed by atoms with van der Waals surface area (Å²) in [6.07, 6.45) is 3.85. The van der Waals surface area contributed by atoms with Gasteiger partial charge in [-0.25, -0.2) is 4.79 Å². The van der Waals surface area contributed by atoms with E-state index in [1.807, 2.05) is 0 Å². The molecular formula is C22H26ClN3O2S. The Balaban J connectivity index is 1.61. The van der Waals surface area contributed by atoms with Crippen molar-refractivity contribution >= 4 is 46.3 Å². The number of ether oxygens (including phenoxy) is 1. The molecule has 2 aromatic rings. The fourth-order valence-corrected chi connectivity index (χ4v) is 3.88. The highest BCUT2D eigenvalue weighted by molar-refractivity contribution is 7.80. The van der Waals surface area contributed by atoms with Crippen LogP contribution in [0.3, 0.4) is 0 Å². The second-order valence-electron chi connectivity index (χ2n) is 7.15. The fourth-order valence-electron chi connectivity index (χ4n) is 3.43. The molecule has 1 heterocycles. The van der Waals surface area contributed by atoms with Crippen molar-refractivity contribution in [3.05, 3.63) is 58.6 Å². The minimum absolute atomic E-state index is 0.0213. The molecule has 7 heteroatoms. The number of anilines is 2. The molecule has 0 bridgehead atoms. The Morgan fingerprint density at radius 1 is 1.14 bits per heavy atom. The normalized spacial score (nSPS) is 14.8. The fraction of sp³-hybridized carbons (Fsp3) is 0.364. The number of nitrogens with zero attached hydrogens (tertiary/aromatic N) is 1. The quantitative estimate of drug-likeness (QED) is 0.503. The Morgan fingerprint density at radius 3 is 2.48 bits per heavy atom. The second-order valence-corrected chi connectivity index (χ2v) is 7.96. The van der Waals surface area contributed by atoms with E-state index in [0.29, 0.717) is 21.4 Å². The van der Waals surface area contributed by atoms with E-state index in [2.05, 4.69) is 46.7 Å². The van der Waals surface area contributed by atoms with Crippen molar-refractivity contribution in [3.63, 3.8) is 0 Å². The summed E-state index contributed by atoms with van der Waals surface area (Å²) in [5, 5.41) is 7.24. The van der Waals surface area contributed by atoms with E-state index in [9.17, 15) is 4.79 Å². The van der Waals surface area contributed by atoms with Gasteiger partial charge in [-0.2, -0.15) is 0 Å². The lowest BCUT2D eigenvalue weighted by atomic mass is 10.1. The molecule has 0 radical (unpaired) electrons. The van der Waals surface area contributed by atoms with E-state index in [-0.39, 0.29) is 6.04 Å². The number of benzene rings is 2. The third kappa shape index (κ3) is 5.61. The van der Waals surface area contributed by atoms with Gasteiger partial charge >= 0.3 is 5.97 Å². The number of piperidine rings is 1. The molecule has 1 fully saturated rings. The summed E-state index contributed by atoms with van der Waals surface area (Å²) < 4.78 is 4.75. The molecule has 1 aliphatic rings. The van der Waals surface area contributed by atoms with Gasteiger partial charge in [-0.05, 0) is 74.3 Å². The number of carbonyl (C=O) groups excluding carboxylic acids is 1. The van der Waals surface area contributed by atoms with Crippen LogP contribution in [0.2, 0.25) is 5.02 Å². The molecule has 5 nitrogen and oxygen atoms in total. The number of nitrogens with one attached hydrogen (secondary N) is 2. The second kappa shape index (κ2) is 9.94. The van der Waals surface area contributed by atoms with E-state index < -0.39 is 5.97 Å². The van der Waals surface area contributed by atoms with Gasteiger partial charge < -0.3 is 20.3 Å². The maximum atomic E-state index is 11.7. The van der Waals surface area contributed by atoms with Gasteiger partial charge in [0.2, 0.25) is 0 Å². The number of rotatable bonds is 5. The first-order valence-electron chi connectivity index (χ1n) is 9.78. The molecule has 0 amide bonds. The molecule has 1 saturated heterocycles. The monoisotopic (exact) mass is 431 g/mol. The van der Waals surface area contributed by atoms with Gasteiger partial charge in [0.25, 0.3) is 0 Å². The summed E-state index contributed by atoms with van der Waals surface area (Å²) >= 11 is 11.7. The van der Waals surface area contributed by atoms with E-state index in [0.717, 1.165) is 18.7 Å². The van der Waals surface area contributed by atoms with Crippen molar-refractivity contribution in [1.82, 2.24) is 5.32 Å². The number of hydrogen-bond donors (Lipinski definition) is 2. The van der Waals surface area contributed by atoms with Crippen molar-refractivity contribution in [2.24, 2.45) is 0 Å². The van der Waals surface area contributed by atoms with Gasteiger partial charge in [-0.15, -0.1) is 0 Å². The number of carbonyl (C=O) groups is 1. The molecule has 0 spiro atoms. The van der Waals surface area contributed by atoms with Gasteiger partial charge in [0.1, 0.15) is 0 Å². The summed E-state index contributed by atoms with van der Waals surface area (Å²) in [6.45, 7) is 4.31. The molecule has 0 aliphatic carbocycles. The van der Waals surface area contributed by atoms with Gasteiger partial charge in [-0.1, -0.05) is 23.7 Å². The Morgan fingerprint density at radius 2 is 1.83 bits per heavy atom. The maximum absolute atomic E-state index is 11.7. The number of halogens is 1. The molecule has 0 aromatic heterocycles. The lowest BCUT2D eigenvalue weighted by molar-refractivity contribution is 0.0601. The van der Waals surface area contributed by atoms with E-state index in [4.69, 9.17) is 28.6 Å². The van der Waals surface area contributed by atoms with Crippen LogP contribution in [0.5, 0.6) is 0 Å². The average Bonchev–Trinajstić information content (AvgIpc) is 2.75. The number of methoxy groups -OCH3 is 1. The maximum Gasteiger partial charge on any atom is 0.337 e. The Kier molecular flexibility index (Phi) is 7.34. The largest absolute Gasteiger partial charge is 0.465 e. The first-order chi connectivity index (χ1) is 14.0. The summed E-state index contributed by atoms with van der Waals surface area (Å²) in [5.74, 6) is -0.425. The van der Waals surface area contributed by atoms with Crippen LogP contribution < -0.4 is 15.5 Å². The highest BCUT2D eigenvalue weighted by Crippen LogP contribution is 2.25. The molecule has 1 unspecified atom stereocenters. The lowest BCUT2D eigenvalue weighted by Crippen LogP contribution is -2.31. The van der Waals surface area contributed by atoms with Crippen LogP contribution in [-0.4, -0.2) is 31.3 Å². The molecule has 0 saturated carbocycles. The van der Waals surface area contributed by atoms with Crippen molar-refractivity contribution in [2.45, 2.75) is 32.2 Å². The molecule has 1 aliphatic heterocycles. The van der Waals surface area contributed by atoms with Crippen molar-refractivity contribution in [1.29, 1.82) is 0 Å². The zero-order valence-electron chi connectivity index (χ0n) is 16.7. The van der Waals surface area contributed by atoms with E-state index >= 15 is 0 Å². The highest BCUT2D eigenvalue weighted by atomic mass is 35.5. The van der Waals surface area contributed by atoms with Gasteiger partial charge in [0.05, 0.1) is 29.4 Å².